The van der Waals surface area contributed by atoms with E-state index in [4.69, 9.17) is 10.5 Å². The third kappa shape index (κ3) is 2.42. The molecular weight excluding hydrogens is 258 g/mol. The Bertz CT molecular complexity index is 399. The number of amides is 2. The quantitative estimate of drug-likeness (QED) is 0.736. The standard InChI is InChI=1S/C14H23N3O3/c15-9-14(4-1-5-14)13(19)17-6-7-20-8-11(17)12(18)16-10-2-3-10/h10-11H,1-9,15H2,(H,16,18). The van der Waals surface area contributed by atoms with Crippen LogP contribution in [0.1, 0.15) is 32.1 Å². The summed E-state index contributed by atoms with van der Waals surface area (Å²) in [6, 6.07) is -0.186. The van der Waals surface area contributed by atoms with E-state index in [-0.39, 0.29) is 11.8 Å². The number of hydrogen-bond donors (Lipinski definition) is 2. The third-order valence-corrected chi connectivity index (χ3v) is 4.77. The van der Waals surface area contributed by atoms with Crippen molar-refractivity contribution in [3.63, 3.8) is 0 Å². The molecule has 3 aliphatic rings. The highest BCUT2D eigenvalue weighted by atomic mass is 16.5. The van der Waals surface area contributed by atoms with Crippen molar-refractivity contribution in [1.29, 1.82) is 0 Å². The van der Waals surface area contributed by atoms with Crippen molar-refractivity contribution in [3.05, 3.63) is 0 Å². The van der Waals surface area contributed by atoms with Gasteiger partial charge in [-0.3, -0.25) is 9.59 Å². The van der Waals surface area contributed by atoms with Gasteiger partial charge in [0.05, 0.1) is 18.6 Å². The first-order valence-electron chi connectivity index (χ1n) is 7.55. The zero-order valence-corrected chi connectivity index (χ0v) is 11.8. The maximum Gasteiger partial charge on any atom is 0.245 e. The Kier molecular flexibility index (Phi) is 3.69. The molecule has 0 radical (unpaired) electrons. The topological polar surface area (TPSA) is 84.7 Å². The second-order valence-electron chi connectivity index (χ2n) is 6.21. The van der Waals surface area contributed by atoms with E-state index >= 15 is 0 Å². The van der Waals surface area contributed by atoms with Crippen molar-refractivity contribution in [2.24, 2.45) is 11.1 Å². The average Bonchev–Trinajstić information content (AvgIpc) is 3.22. The lowest BCUT2D eigenvalue weighted by Crippen LogP contribution is -2.61. The molecule has 0 aromatic heterocycles. The summed E-state index contributed by atoms with van der Waals surface area (Å²) < 4.78 is 5.40. The van der Waals surface area contributed by atoms with Gasteiger partial charge in [0.2, 0.25) is 11.8 Å². The summed E-state index contributed by atoms with van der Waals surface area (Å²) in [6.45, 7) is 1.66. The van der Waals surface area contributed by atoms with E-state index in [1.54, 1.807) is 4.90 Å². The molecule has 3 fully saturated rings. The van der Waals surface area contributed by atoms with Gasteiger partial charge in [0.1, 0.15) is 6.04 Å². The van der Waals surface area contributed by atoms with E-state index < -0.39 is 11.5 Å². The van der Waals surface area contributed by atoms with Crippen LogP contribution in [0.15, 0.2) is 0 Å². The van der Waals surface area contributed by atoms with Crippen molar-refractivity contribution >= 4 is 11.8 Å². The Morgan fingerprint density at radius 3 is 2.65 bits per heavy atom. The Morgan fingerprint density at radius 2 is 2.10 bits per heavy atom. The SMILES string of the molecule is NCC1(C(=O)N2CCOCC2C(=O)NC2CC2)CCC1. The molecule has 0 bridgehead atoms. The molecule has 1 unspecified atom stereocenters. The minimum atomic E-state index is -0.485. The molecule has 0 spiro atoms. The van der Waals surface area contributed by atoms with Crippen LogP contribution in [0.4, 0.5) is 0 Å². The van der Waals surface area contributed by atoms with Gasteiger partial charge in [-0.2, -0.15) is 0 Å². The lowest BCUT2D eigenvalue weighted by Gasteiger charge is -2.45. The zero-order valence-electron chi connectivity index (χ0n) is 11.8. The molecule has 3 rings (SSSR count). The summed E-state index contributed by atoms with van der Waals surface area (Å²) >= 11 is 0. The molecule has 2 amide bonds. The number of hydrogen-bond acceptors (Lipinski definition) is 4. The summed E-state index contributed by atoms with van der Waals surface area (Å²) in [5.74, 6) is -0.0301. The second-order valence-corrected chi connectivity index (χ2v) is 6.21. The normalized spacial score (nSPS) is 28.6. The number of ether oxygens (including phenoxy) is 1. The molecule has 1 atom stereocenters. The molecule has 1 saturated heterocycles. The van der Waals surface area contributed by atoms with Gasteiger partial charge < -0.3 is 20.7 Å². The number of carbonyl (C=O) groups is 2. The van der Waals surface area contributed by atoms with E-state index in [1.807, 2.05) is 0 Å². The van der Waals surface area contributed by atoms with Crippen molar-refractivity contribution in [3.8, 4) is 0 Å². The van der Waals surface area contributed by atoms with Crippen LogP contribution in [0.25, 0.3) is 0 Å². The van der Waals surface area contributed by atoms with Gasteiger partial charge in [0.25, 0.3) is 0 Å². The van der Waals surface area contributed by atoms with Crippen molar-refractivity contribution in [1.82, 2.24) is 10.2 Å². The first-order valence-corrected chi connectivity index (χ1v) is 7.55. The van der Waals surface area contributed by atoms with Crippen LogP contribution in [-0.4, -0.2) is 55.1 Å². The van der Waals surface area contributed by atoms with Crippen LogP contribution < -0.4 is 11.1 Å². The molecule has 20 heavy (non-hydrogen) atoms. The number of morpholine rings is 1. The fourth-order valence-electron chi connectivity index (χ4n) is 3.00. The van der Waals surface area contributed by atoms with E-state index in [1.165, 1.54) is 0 Å². The minimum absolute atomic E-state index is 0.0468. The van der Waals surface area contributed by atoms with Gasteiger partial charge in [-0.05, 0) is 25.7 Å². The first-order chi connectivity index (χ1) is 9.66. The molecule has 112 valence electrons. The number of nitrogens with one attached hydrogen (secondary N) is 1. The van der Waals surface area contributed by atoms with E-state index in [0.29, 0.717) is 32.3 Å². The summed E-state index contributed by atoms with van der Waals surface area (Å²) in [5, 5.41) is 2.97. The summed E-state index contributed by atoms with van der Waals surface area (Å²) in [7, 11) is 0. The number of rotatable bonds is 4. The zero-order chi connectivity index (χ0) is 14.2. The van der Waals surface area contributed by atoms with Crippen LogP contribution in [0.3, 0.4) is 0 Å². The van der Waals surface area contributed by atoms with Crippen LogP contribution in [0.2, 0.25) is 0 Å². The molecule has 2 aliphatic carbocycles. The molecule has 1 heterocycles. The molecule has 6 heteroatoms. The predicted molar refractivity (Wildman–Crippen MR) is 72.8 cm³/mol. The minimum Gasteiger partial charge on any atom is -0.377 e. The van der Waals surface area contributed by atoms with Gasteiger partial charge in [-0.1, -0.05) is 6.42 Å². The number of nitrogens with two attached hydrogens (primary N) is 1. The van der Waals surface area contributed by atoms with Gasteiger partial charge >= 0.3 is 0 Å². The van der Waals surface area contributed by atoms with E-state index in [2.05, 4.69) is 5.32 Å². The Hall–Kier alpha value is -1.14. The predicted octanol–water partition coefficient (Wildman–Crippen LogP) is -0.379. The third-order valence-electron chi connectivity index (χ3n) is 4.77. The van der Waals surface area contributed by atoms with Crippen LogP contribution in [-0.2, 0) is 14.3 Å². The summed E-state index contributed by atoms with van der Waals surface area (Å²) in [4.78, 5) is 26.7. The molecule has 1 aliphatic heterocycles. The number of carbonyl (C=O) groups excluding carboxylic acids is 2. The van der Waals surface area contributed by atoms with Gasteiger partial charge in [0.15, 0.2) is 0 Å². The van der Waals surface area contributed by atoms with E-state index in [9.17, 15) is 9.59 Å². The maximum absolute atomic E-state index is 12.8. The lowest BCUT2D eigenvalue weighted by atomic mass is 9.67. The molecular formula is C14H23N3O3. The first kappa shape index (κ1) is 13.8. The van der Waals surface area contributed by atoms with Crippen molar-refractivity contribution in [2.45, 2.75) is 44.2 Å². The average molecular weight is 281 g/mol. The second kappa shape index (κ2) is 5.33. The fourth-order valence-corrected chi connectivity index (χ4v) is 3.00. The van der Waals surface area contributed by atoms with Crippen LogP contribution in [0, 0.1) is 5.41 Å². The molecule has 0 aromatic carbocycles. The summed E-state index contributed by atoms with van der Waals surface area (Å²) in [5.41, 5.74) is 5.39. The van der Waals surface area contributed by atoms with Crippen molar-refractivity contribution in [2.75, 3.05) is 26.3 Å². The van der Waals surface area contributed by atoms with Crippen molar-refractivity contribution < 1.29 is 14.3 Å². The largest absolute Gasteiger partial charge is 0.377 e. The van der Waals surface area contributed by atoms with Crippen LogP contribution in [0.5, 0.6) is 0 Å². The Balaban J connectivity index is 1.70. The monoisotopic (exact) mass is 281 g/mol. The van der Waals surface area contributed by atoms with Crippen LogP contribution >= 0.6 is 0 Å². The number of nitrogens with zero attached hydrogens (tertiary/aromatic N) is 1. The van der Waals surface area contributed by atoms with Gasteiger partial charge in [-0.25, -0.2) is 0 Å². The molecule has 6 nitrogen and oxygen atoms in total. The van der Waals surface area contributed by atoms with Gasteiger partial charge in [0, 0.05) is 19.1 Å². The Labute approximate surface area is 119 Å². The smallest absolute Gasteiger partial charge is 0.245 e. The van der Waals surface area contributed by atoms with E-state index in [0.717, 1.165) is 32.1 Å². The maximum atomic E-state index is 12.8. The summed E-state index contributed by atoms with van der Waals surface area (Å²) in [6.07, 6.45) is 4.82. The molecule has 3 N–H and O–H groups in total. The van der Waals surface area contributed by atoms with Gasteiger partial charge in [-0.15, -0.1) is 0 Å². The lowest BCUT2D eigenvalue weighted by molar-refractivity contribution is -0.160. The highest BCUT2D eigenvalue weighted by Crippen LogP contribution is 2.42. The fraction of sp³-hybridized carbons (Fsp3) is 0.857. The molecule has 0 aromatic rings. The highest BCUT2D eigenvalue weighted by molar-refractivity contribution is 5.91. The molecule has 2 saturated carbocycles. The Morgan fingerprint density at radius 1 is 1.35 bits per heavy atom. The highest BCUT2D eigenvalue weighted by Gasteiger charge is 2.48.